The zero-order valence-electron chi connectivity index (χ0n) is 14.1. The fourth-order valence-electron chi connectivity index (χ4n) is 4.32. The standard InChI is InChI=1S/C18H34Cl2N2/c19-11-13-21(14-12-20)15-16-22(17-7-3-1-4-8-17)18-9-5-2-6-10-18/h17-18H,1-16H2. The Kier molecular flexibility index (Phi) is 9.52. The first-order valence-electron chi connectivity index (χ1n) is 9.45. The Hall–Kier alpha value is 0.500. The quantitative estimate of drug-likeness (QED) is 0.555. The van der Waals surface area contributed by atoms with Crippen molar-refractivity contribution < 1.29 is 0 Å². The molecule has 0 N–H and O–H groups in total. The molecule has 0 spiro atoms. The minimum atomic E-state index is 0.712. The minimum absolute atomic E-state index is 0.712. The van der Waals surface area contributed by atoms with Crippen molar-refractivity contribution in [2.24, 2.45) is 0 Å². The van der Waals surface area contributed by atoms with Crippen LogP contribution in [0.15, 0.2) is 0 Å². The van der Waals surface area contributed by atoms with Crippen molar-refractivity contribution in [3.63, 3.8) is 0 Å². The Bertz CT molecular complexity index is 252. The summed E-state index contributed by atoms with van der Waals surface area (Å²) >= 11 is 11.9. The van der Waals surface area contributed by atoms with E-state index in [0.29, 0.717) is 11.8 Å². The smallest absolute Gasteiger partial charge is 0.0351 e. The number of hydrogen-bond donors (Lipinski definition) is 0. The molecule has 0 atom stereocenters. The van der Waals surface area contributed by atoms with Crippen molar-refractivity contribution in [2.75, 3.05) is 37.9 Å². The van der Waals surface area contributed by atoms with Crippen molar-refractivity contribution in [1.82, 2.24) is 9.80 Å². The molecular formula is C18H34Cl2N2. The van der Waals surface area contributed by atoms with E-state index in [1.807, 2.05) is 0 Å². The molecule has 0 saturated heterocycles. The van der Waals surface area contributed by atoms with Crippen LogP contribution in [0, 0.1) is 0 Å². The molecule has 0 unspecified atom stereocenters. The van der Waals surface area contributed by atoms with E-state index < -0.39 is 0 Å². The van der Waals surface area contributed by atoms with Gasteiger partial charge in [0.25, 0.3) is 0 Å². The molecule has 0 aromatic carbocycles. The van der Waals surface area contributed by atoms with Gasteiger partial charge in [-0.15, -0.1) is 23.2 Å². The molecule has 0 aromatic rings. The molecule has 2 nitrogen and oxygen atoms in total. The molecule has 2 rings (SSSR count). The molecule has 2 fully saturated rings. The number of nitrogens with zero attached hydrogens (tertiary/aromatic N) is 2. The van der Waals surface area contributed by atoms with E-state index in [0.717, 1.165) is 31.7 Å². The molecule has 0 aromatic heterocycles. The molecule has 0 aliphatic heterocycles. The van der Waals surface area contributed by atoms with Crippen molar-refractivity contribution in [1.29, 1.82) is 0 Å². The van der Waals surface area contributed by atoms with Gasteiger partial charge in [0.05, 0.1) is 0 Å². The highest BCUT2D eigenvalue weighted by Crippen LogP contribution is 2.29. The molecule has 0 amide bonds. The predicted molar refractivity (Wildman–Crippen MR) is 98.3 cm³/mol. The van der Waals surface area contributed by atoms with Gasteiger partial charge in [0.15, 0.2) is 0 Å². The van der Waals surface area contributed by atoms with Gasteiger partial charge in [-0.3, -0.25) is 9.80 Å². The third-order valence-corrected chi connectivity index (χ3v) is 5.90. The first-order valence-corrected chi connectivity index (χ1v) is 10.5. The normalized spacial score (nSPS) is 21.8. The van der Waals surface area contributed by atoms with Crippen molar-refractivity contribution in [3.05, 3.63) is 0 Å². The molecule has 22 heavy (non-hydrogen) atoms. The summed E-state index contributed by atoms with van der Waals surface area (Å²) in [7, 11) is 0. The van der Waals surface area contributed by atoms with E-state index in [9.17, 15) is 0 Å². The van der Waals surface area contributed by atoms with Crippen LogP contribution in [-0.2, 0) is 0 Å². The lowest BCUT2D eigenvalue weighted by molar-refractivity contribution is 0.0699. The van der Waals surface area contributed by atoms with Gasteiger partial charge in [0, 0.05) is 50.0 Å². The number of rotatable bonds is 9. The lowest BCUT2D eigenvalue weighted by atomic mass is 9.88. The number of alkyl halides is 2. The molecule has 0 bridgehead atoms. The second-order valence-corrected chi connectivity index (χ2v) is 7.80. The maximum absolute atomic E-state index is 5.95. The van der Waals surface area contributed by atoms with Crippen LogP contribution in [0.3, 0.4) is 0 Å². The van der Waals surface area contributed by atoms with Gasteiger partial charge >= 0.3 is 0 Å². The Morgan fingerprint density at radius 2 is 1.05 bits per heavy atom. The lowest BCUT2D eigenvalue weighted by Gasteiger charge is -2.42. The maximum atomic E-state index is 5.95. The summed E-state index contributed by atoms with van der Waals surface area (Å²) in [4.78, 5) is 5.33. The molecule has 2 aliphatic rings. The Labute approximate surface area is 147 Å². The summed E-state index contributed by atoms with van der Waals surface area (Å²) in [6.45, 7) is 4.28. The molecular weight excluding hydrogens is 315 g/mol. The summed E-state index contributed by atoms with van der Waals surface area (Å²) < 4.78 is 0. The van der Waals surface area contributed by atoms with Crippen molar-refractivity contribution in [3.8, 4) is 0 Å². The molecule has 0 radical (unpaired) electrons. The van der Waals surface area contributed by atoms with E-state index in [-0.39, 0.29) is 0 Å². The van der Waals surface area contributed by atoms with Crippen molar-refractivity contribution in [2.45, 2.75) is 76.3 Å². The van der Waals surface area contributed by atoms with Crippen LogP contribution in [0.1, 0.15) is 64.2 Å². The van der Waals surface area contributed by atoms with E-state index in [1.165, 1.54) is 70.8 Å². The van der Waals surface area contributed by atoms with Crippen LogP contribution in [0.25, 0.3) is 0 Å². The van der Waals surface area contributed by atoms with Gasteiger partial charge in [0.2, 0.25) is 0 Å². The summed E-state index contributed by atoms with van der Waals surface area (Å²) in [6.07, 6.45) is 14.3. The fourth-order valence-corrected chi connectivity index (χ4v) is 4.80. The monoisotopic (exact) mass is 348 g/mol. The molecule has 130 valence electrons. The summed E-state index contributed by atoms with van der Waals surface area (Å²) in [5, 5.41) is 0. The van der Waals surface area contributed by atoms with Crippen LogP contribution in [0.5, 0.6) is 0 Å². The Balaban J connectivity index is 1.90. The number of hydrogen-bond acceptors (Lipinski definition) is 2. The van der Waals surface area contributed by atoms with E-state index in [1.54, 1.807) is 0 Å². The summed E-state index contributed by atoms with van der Waals surface area (Å²) in [5.41, 5.74) is 0. The lowest BCUT2D eigenvalue weighted by Crippen LogP contribution is -2.48. The SMILES string of the molecule is ClCCN(CCCl)CCN(C1CCCCC1)C1CCCCC1. The van der Waals surface area contributed by atoms with E-state index in [2.05, 4.69) is 9.80 Å². The number of halogens is 2. The zero-order valence-corrected chi connectivity index (χ0v) is 15.6. The average Bonchev–Trinajstić information content (AvgIpc) is 2.57. The van der Waals surface area contributed by atoms with Gasteiger partial charge in [-0.2, -0.15) is 0 Å². The van der Waals surface area contributed by atoms with Gasteiger partial charge in [0.1, 0.15) is 0 Å². The van der Waals surface area contributed by atoms with E-state index in [4.69, 9.17) is 23.2 Å². The Morgan fingerprint density at radius 1 is 0.591 bits per heavy atom. The minimum Gasteiger partial charge on any atom is -0.300 e. The molecule has 2 aliphatic carbocycles. The highest BCUT2D eigenvalue weighted by atomic mass is 35.5. The highest BCUT2D eigenvalue weighted by Gasteiger charge is 2.28. The second-order valence-electron chi connectivity index (χ2n) is 7.04. The van der Waals surface area contributed by atoms with Crippen LogP contribution >= 0.6 is 23.2 Å². The highest BCUT2D eigenvalue weighted by molar-refractivity contribution is 6.18. The van der Waals surface area contributed by atoms with Crippen LogP contribution < -0.4 is 0 Å². The largest absolute Gasteiger partial charge is 0.300 e. The van der Waals surface area contributed by atoms with Gasteiger partial charge < -0.3 is 0 Å². The van der Waals surface area contributed by atoms with Gasteiger partial charge in [-0.1, -0.05) is 38.5 Å². The van der Waals surface area contributed by atoms with E-state index >= 15 is 0 Å². The van der Waals surface area contributed by atoms with Crippen molar-refractivity contribution >= 4 is 23.2 Å². The topological polar surface area (TPSA) is 6.48 Å². The maximum Gasteiger partial charge on any atom is 0.0351 e. The predicted octanol–water partition coefficient (Wildman–Crippen LogP) is 4.73. The second kappa shape index (κ2) is 11.1. The average molecular weight is 349 g/mol. The van der Waals surface area contributed by atoms with Crippen LogP contribution in [0.4, 0.5) is 0 Å². The zero-order chi connectivity index (χ0) is 15.6. The third kappa shape index (κ3) is 6.19. The van der Waals surface area contributed by atoms with Gasteiger partial charge in [-0.25, -0.2) is 0 Å². The van der Waals surface area contributed by atoms with Crippen LogP contribution in [0.2, 0.25) is 0 Å². The first kappa shape index (κ1) is 18.8. The Morgan fingerprint density at radius 3 is 1.45 bits per heavy atom. The molecule has 0 heterocycles. The van der Waals surface area contributed by atoms with Crippen LogP contribution in [-0.4, -0.2) is 59.8 Å². The molecule has 4 heteroatoms. The van der Waals surface area contributed by atoms with Gasteiger partial charge in [-0.05, 0) is 25.7 Å². The third-order valence-electron chi connectivity index (χ3n) is 5.56. The summed E-state index contributed by atoms with van der Waals surface area (Å²) in [5.74, 6) is 1.42. The fraction of sp³-hybridized carbons (Fsp3) is 1.00. The molecule has 2 saturated carbocycles. The summed E-state index contributed by atoms with van der Waals surface area (Å²) in [6, 6.07) is 1.68. The first-order chi connectivity index (χ1) is 10.8.